The minimum absolute atomic E-state index is 0.0649. The van der Waals surface area contributed by atoms with Crippen LogP contribution in [0.4, 0.5) is 9.59 Å². The third kappa shape index (κ3) is 8.69. The molecule has 4 heterocycles. The van der Waals surface area contributed by atoms with Crippen LogP contribution in [0.1, 0.15) is 82.0 Å². The molecule has 2 aromatic heterocycles. The normalized spacial score (nSPS) is 19.5. The number of methoxy groups -OCH3 is 3. The summed E-state index contributed by atoms with van der Waals surface area (Å²) in [5, 5.41) is 7.65. The molecule has 2 aliphatic heterocycles. The molecule has 15 nitrogen and oxygen atoms in total. The van der Waals surface area contributed by atoms with Crippen LogP contribution in [-0.4, -0.2) is 106 Å². The fourth-order valence-corrected chi connectivity index (χ4v) is 9.29. The number of likely N-dealkylation sites (tertiary alicyclic amines) is 2. The molecular formula is C46H54N8O7. The minimum Gasteiger partial charge on any atom is -0.453 e. The van der Waals surface area contributed by atoms with E-state index in [4.69, 9.17) is 24.2 Å². The van der Waals surface area contributed by atoms with Crippen LogP contribution in [0.25, 0.3) is 44.4 Å². The second kappa shape index (κ2) is 18.2. The number of imidazole rings is 2. The lowest BCUT2D eigenvalue weighted by Gasteiger charge is -2.31. The Balaban J connectivity index is 0.936. The van der Waals surface area contributed by atoms with Crippen molar-refractivity contribution in [1.29, 1.82) is 0 Å². The van der Waals surface area contributed by atoms with Gasteiger partial charge in [0.2, 0.25) is 11.8 Å². The molecule has 3 aliphatic rings. The number of fused-ring (bicyclic) bond motifs is 1. The van der Waals surface area contributed by atoms with Crippen LogP contribution >= 0.6 is 0 Å². The van der Waals surface area contributed by atoms with Crippen LogP contribution in [0.15, 0.2) is 73.1 Å². The molecule has 0 radical (unpaired) electrons. The van der Waals surface area contributed by atoms with E-state index >= 15 is 0 Å². The van der Waals surface area contributed by atoms with Crippen LogP contribution < -0.4 is 10.6 Å². The number of benzene rings is 3. The summed E-state index contributed by atoms with van der Waals surface area (Å²) in [6.07, 6.45) is 8.98. The van der Waals surface area contributed by atoms with Gasteiger partial charge in [-0.15, -0.1) is 0 Å². The molecule has 5 atom stereocenters. The third-order valence-corrected chi connectivity index (χ3v) is 12.7. The van der Waals surface area contributed by atoms with Crippen LogP contribution in [0.3, 0.4) is 0 Å². The number of alkyl carbamates (subject to hydrolysis) is 2. The quantitative estimate of drug-likeness (QED) is 0.100. The zero-order chi connectivity index (χ0) is 42.6. The van der Waals surface area contributed by atoms with Crippen LogP contribution in [-0.2, 0) is 23.8 Å². The summed E-state index contributed by atoms with van der Waals surface area (Å²) >= 11 is 0. The largest absolute Gasteiger partial charge is 0.453 e. The molecule has 4 N–H and O–H groups in total. The van der Waals surface area contributed by atoms with Crippen LogP contribution in [0.5, 0.6) is 0 Å². The van der Waals surface area contributed by atoms with Gasteiger partial charge in [-0.05, 0) is 91.0 Å². The van der Waals surface area contributed by atoms with Gasteiger partial charge in [-0.25, -0.2) is 19.6 Å². The molecule has 320 valence electrons. The second-order valence-corrected chi connectivity index (χ2v) is 16.3. The summed E-state index contributed by atoms with van der Waals surface area (Å²) in [4.78, 5) is 71.9. The van der Waals surface area contributed by atoms with Gasteiger partial charge in [0, 0.05) is 25.8 Å². The van der Waals surface area contributed by atoms with Gasteiger partial charge in [-0.3, -0.25) is 9.59 Å². The molecule has 3 aromatic carbocycles. The highest BCUT2D eigenvalue weighted by Crippen LogP contribution is 2.37. The zero-order valence-electron chi connectivity index (χ0n) is 35.1. The Hall–Kier alpha value is -6.22. The fraction of sp³-hybridized carbons (Fsp3) is 0.435. The van der Waals surface area contributed by atoms with E-state index in [2.05, 4.69) is 81.3 Å². The number of hydrogen-bond acceptors (Lipinski definition) is 9. The van der Waals surface area contributed by atoms with Crippen molar-refractivity contribution in [2.24, 2.45) is 5.92 Å². The van der Waals surface area contributed by atoms with Gasteiger partial charge in [-0.2, -0.15) is 0 Å². The Morgan fingerprint density at radius 1 is 0.639 bits per heavy atom. The number of carbonyl (C=O) groups excluding carboxylic acids is 4. The maximum absolute atomic E-state index is 13.9. The van der Waals surface area contributed by atoms with Crippen molar-refractivity contribution in [3.05, 3.63) is 84.7 Å². The number of nitrogens with one attached hydrogen (secondary N) is 4. The Morgan fingerprint density at radius 2 is 1.15 bits per heavy atom. The number of rotatable bonds is 12. The molecule has 2 saturated heterocycles. The van der Waals surface area contributed by atoms with E-state index in [1.807, 2.05) is 11.1 Å². The summed E-state index contributed by atoms with van der Waals surface area (Å²) < 4.78 is 15.0. The van der Waals surface area contributed by atoms with Gasteiger partial charge >= 0.3 is 12.2 Å². The zero-order valence-corrected chi connectivity index (χ0v) is 35.1. The van der Waals surface area contributed by atoms with Crippen molar-refractivity contribution in [2.45, 2.75) is 88.6 Å². The minimum atomic E-state index is -0.895. The molecule has 15 heteroatoms. The molecule has 61 heavy (non-hydrogen) atoms. The first-order chi connectivity index (χ1) is 29.6. The van der Waals surface area contributed by atoms with Crippen molar-refractivity contribution in [1.82, 2.24) is 40.4 Å². The average molecular weight is 831 g/mol. The first-order valence-electron chi connectivity index (χ1n) is 21.2. The van der Waals surface area contributed by atoms with Gasteiger partial charge < -0.3 is 44.6 Å². The number of nitrogens with zero attached hydrogens (tertiary/aromatic N) is 4. The molecule has 5 unspecified atom stereocenters. The summed E-state index contributed by atoms with van der Waals surface area (Å²) in [6.45, 7) is 2.91. The number of ether oxygens (including phenoxy) is 3. The highest BCUT2D eigenvalue weighted by atomic mass is 16.5. The Bertz CT molecular complexity index is 2370. The first kappa shape index (κ1) is 41.5. The Morgan fingerprint density at radius 3 is 1.74 bits per heavy atom. The standard InChI is InChI=1S/C46H54N8O7/c1-27(59-2)39(51-45(57)60-3)43(55)53-21-7-11-37(53)42-48-26-36(50-42)34-20-19-32-23-31(17-18-33(32)24-34)28-13-15-29(16-14-28)35-25-47-41(49-35)38-12-8-22-54(38)44(56)40(52-46(58)61-4)30-9-5-6-10-30/h13-20,23-27,30,37-40H,5-12,21-22H2,1-4H3,(H,47,49)(H,48,50)(H,51,57)(H,52,58). The van der Waals surface area contributed by atoms with Gasteiger partial charge in [0.15, 0.2) is 0 Å². The Kier molecular flexibility index (Phi) is 12.4. The van der Waals surface area contributed by atoms with Crippen molar-refractivity contribution < 1.29 is 33.4 Å². The van der Waals surface area contributed by atoms with E-state index in [0.717, 1.165) is 102 Å². The SMILES string of the molecule is COC(=O)NC(C(=O)N1CCCC1c1ncc(-c2ccc(-c3ccc4cc(-c5cnc(C6CCCN6C(=O)C(NC(=O)OC)C(C)OC)[nH]5)ccc4c3)cc2)[nH]1)C1CCCC1. The second-order valence-electron chi connectivity index (χ2n) is 16.3. The van der Waals surface area contributed by atoms with Gasteiger partial charge in [-0.1, -0.05) is 61.4 Å². The molecule has 1 aliphatic carbocycles. The van der Waals surface area contributed by atoms with E-state index in [-0.39, 0.29) is 29.8 Å². The smallest absolute Gasteiger partial charge is 0.407 e. The monoisotopic (exact) mass is 830 g/mol. The third-order valence-electron chi connectivity index (χ3n) is 12.7. The highest BCUT2D eigenvalue weighted by molar-refractivity contribution is 5.91. The molecule has 0 bridgehead atoms. The molecule has 8 rings (SSSR count). The van der Waals surface area contributed by atoms with E-state index in [9.17, 15) is 19.2 Å². The average Bonchev–Trinajstić information content (AvgIpc) is 4.15. The van der Waals surface area contributed by atoms with Crippen molar-refractivity contribution in [3.8, 4) is 33.6 Å². The van der Waals surface area contributed by atoms with Gasteiger partial charge in [0.25, 0.3) is 0 Å². The van der Waals surface area contributed by atoms with E-state index < -0.39 is 30.4 Å². The summed E-state index contributed by atoms with van der Waals surface area (Å²) in [5.41, 5.74) is 5.87. The van der Waals surface area contributed by atoms with E-state index in [1.165, 1.54) is 21.3 Å². The lowest BCUT2D eigenvalue weighted by atomic mass is 9.96. The van der Waals surface area contributed by atoms with Crippen molar-refractivity contribution in [3.63, 3.8) is 0 Å². The number of H-pyrrole nitrogens is 2. The highest BCUT2D eigenvalue weighted by Gasteiger charge is 2.41. The number of amides is 4. The summed E-state index contributed by atoms with van der Waals surface area (Å²) in [7, 11) is 4.09. The maximum Gasteiger partial charge on any atom is 0.407 e. The maximum atomic E-state index is 13.9. The summed E-state index contributed by atoms with van der Waals surface area (Å²) in [5.74, 6) is 1.24. The molecule has 5 aromatic rings. The number of carbonyl (C=O) groups is 4. The van der Waals surface area contributed by atoms with Crippen molar-refractivity contribution in [2.75, 3.05) is 34.4 Å². The Labute approximate surface area is 354 Å². The van der Waals surface area contributed by atoms with E-state index in [0.29, 0.717) is 18.9 Å². The number of aromatic amines is 2. The molecule has 4 amide bonds. The van der Waals surface area contributed by atoms with Gasteiger partial charge in [0.05, 0.1) is 56.2 Å². The molecule has 1 saturated carbocycles. The predicted molar refractivity (Wildman–Crippen MR) is 229 cm³/mol. The molecular weight excluding hydrogens is 777 g/mol. The first-order valence-corrected chi connectivity index (χ1v) is 21.2. The van der Waals surface area contributed by atoms with Crippen LogP contribution in [0, 0.1) is 5.92 Å². The van der Waals surface area contributed by atoms with Crippen LogP contribution in [0.2, 0.25) is 0 Å². The van der Waals surface area contributed by atoms with E-state index in [1.54, 1.807) is 18.0 Å². The number of aromatic nitrogens is 4. The molecule has 3 fully saturated rings. The van der Waals surface area contributed by atoms with Gasteiger partial charge in [0.1, 0.15) is 23.7 Å². The lowest BCUT2D eigenvalue weighted by molar-refractivity contribution is -0.137. The predicted octanol–water partition coefficient (Wildman–Crippen LogP) is 7.29. The van der Waals surface area contributed by atoms with Crippen molar-refractivity contribution >= 4 is 34.8 Å². The molecule has 0 spiro atoms. The lowest BCUT2D eigenvalue weighted by Crippen LogP contribution is -2.54. The number of hydrogen-bond donors (Lipinski definition) is 4. The topological polar surface area (TPSA) is 184 Å². The summed E-state index contributed by atoms with van der Waals surface area (Å²) in [6, 6.07) is 19.2. The fourth-order valence-electron chi connectivity index (χ4n) is 9.29.